The number of imidazole rings is 1. The molecule has 4 heterocycles. The van der Waals surface area contributed by atoms with Gasteiger partial charge in [-0.25, -0.2) is 24.9 Å². The molecule has 0 aliphatic rings. The summed E-state index contributed by atoms with van der Waals surface area (Å²) in [4.78, 5) is 21.7. The van der Waals surface area contributed by atoms with Crippen LogP contribution < -0.4 is 0 Å². The Labute approximate surface area is 203 Å². The van der Waals surface area contributed by atoms with Gasteiger partial charge in [0.2, 0.25) is 0 Å². The molecule has 6 nitrogen and oxygen atoms in total. The highest BCUT2D eigenvalue weighted by molar-refractivity contribution is 7.17. The number of aromatic nitrogens is 6. The predicted molar refractivity (Wildman–Crippen MR) is 129 cm³/mol. The van der Waals surface area contributed by atoms with Crippen molar-refractivity contribution < 1.29 is 13.2 Å². The van der Waals surface area contributed by atoms with Gasteiger partial charge in [0.25, 0.3) is 0 Å². The summed E-state index contributed by atoms with van der Waals surface area (Å²) in [6, 6.07) is 7.40. The van der Waals surface area contributed by atoms with Crippen molar-refractivity contribution in [2.75, 3.05) is 0 Å². The van der Waals surface area contributed by atoms with Gasteiger partial charge in [-0.2, -0.15) is 13.2 Å². The van der Waals surface area contributed by atoms with Crippen molar-refractivity contribution in [3.8, 4) is 22.8 Å². The van der Waals surface area contributed by atoms with Crippen LogP contribution >= 0.6 is 11.3 Å². The highest BCUT2D eigenvalue weighted by Crippen LogP contribution is 2.32. The van der Waals surface area contributed by atoms with Crippen molar-refractivity contribution in [1.29, 1.82) is 0 Å². The molecule has 0 atom stereocenters. The second-order valence-electron chi connectivity index (χ2n) is 8.58. The molecule has 0 saturated carbocycles. The van der Waals surface area contributed by atoms with Gasteiger partial charge in [0.05, 0.1) is 21.5 Å². The molecule has 10 heteroatoms. The highest BCUT2D eigenvalue weighted by atomic mass is 32.1. The minimum atomic E-state index is -4.47. The van der Waals surface area contributed by atoms with Crippen LogP contribution in [-0.2, 0) is 19.6 Å². The summed E-state index contributed by atoms with van der Waals surface area (Å²) in [5.74, 6) is 1.07. The van der Waals surface area contributed by atoms with Crippen LogP contribution in [-0.4, -0.2) is 29.5 Å². The third kappa shape index (κ3) is 4.53. The maximum Gasteiger partial charge on any atom is 0.434 e. The molecule has 35 heavy (non-hydrogen) atoms. The number of aryl methyl sites for hydroxylation is 1. The van der Waals surface area contributed by atoms with E-state index in [1.807, 2.05) is 18.3 Å². The molecule has 0 saturated heterocycles. The van der Waals surface area contributed by atoms with Gasteiger partial charge in [0.1, 0.15) is 12.2 Å². The molecule has 5 rings (SSSR count). The third-order valence-corrected chi connectivity index (χ3v) is 6.65. The Kier molecular flexibility index (Phi) is 5.84. The number of alkyl halides is 3. The lowest BCUT2D eigenvalue weighted by atomic mass is 10.0. The van der Waals surface area contributed by atoms with Crippen LogP contribution in [0.4, 0.5) is 13.2 Å². The van der Waals surface area contributed by atoms with E-state index < -0.39 is 11.9 Å². The second kappa shape index (κ2) is 8.84. The van der Waals surface area contributed by atoms with E-state index in [2.05, 4.69) is 39.2 Å². The van der Waals surface area contributed by atoms with Crippen LogP contribution in [0, 0.1) is 0 Å². The second-order valence-corrected chi connectivity index (χ2v) is 9.49. The Morgan fingerprint density at radius 1 is 1.03 bits per heavy atom. The van der Waals surface area contributed by atoms with E-state index in [1.165, 1.54) is 10.9 Å². The molecule has 1 aromatic carbocycles. The minimum absolute atomic E-state index is 0.207. The lowest BCUT2D eigenvalue weighted by Crippen LogP contribution is -2.04. The molecular formula is C25H21F3N6S. The first-order valence-corrected chi connectivity index (χ1v) is 11.8. The van der Waals surface area contributed by atoms with E-state index in [-0.39, 0.29) is 11.7 Å². The van der Waals surface area contributed by atoms with Crippen molar-refractivity contribution in [2.24, 2.45) is 7.05 Å². The number of hydrogen-bond donors (Lipinski definition) is 0. The third-order valence-electron chi connectivity index (χ3n) is 5.69. The molecule has 4 aromatic heterocycles. The number of halogens is 3. The number of hydrogen-bond acceptors (Lipinski definition) is 6. The van der Waals surface area contributed by atoms with Crippen LogP contribution in [0.15, 0.2) is 54.6 Å². The summed E-state index contributed by atoms with van der Waals surface area (Å²) in [6.07, 6.45) is 2.26. The monoisotopic (exact) mass is 494 g/mol. The Hall–Kier alpha value is -3.66. The van der Waals surface area contributed by atoms with E-state index in [0.717, 1.165) is 38.8 Å². The molecule has 0 aliphatic carbocycles. The molecule has 0 bridgehead atoms. The van der Waals surface area contributed by atoms with E-state index in [0.29, 0.717) is 17.8 Å². The van der Waals surface area contributed by atoms with Gasteiger partial charge < -0.3 is 4.57 Å². The molecule has 0 spiro atoms. The maximum atomic E-state index is 13.0. The van der Waals surface area contributed by atoms with Crippen LogP contribution in [0.2, 0.25) is 0 Å². The topological polar surface area (TPSA) is 69.4 Å². The average molecular weight is 495 g/mol. The zero-order valence-electron chi connectivity index (χ0n) is 19.2. The molecule has 0 radical (unpaired) electrons. The summed E-state index contributed by atoms with van der Waals surface area (Å²) < 4.78 is 41.4. The van der Waals surface area contributed by atoms with Gasteiger partial charge in [0, 0.05) is 37.6 Å². The lowest BCUT2D eigenvalue weighted by Gasteiger charge is -2.09. The first kappa shape index (κ1) is 23.1. The van der Waals surface area contributed by atoms with E-state index in [9.17, 15) is 13.2 Å². The van der Waals surface area contributed by atoms with E-state index >= 15 is 0 Å². The number of nitrogens with zero attached hydrogens (tertiary/aromatic N) is 6. The zero-order chi connectivity index (χ0) is 24.7. The average Bonchev–Trinajstić information content (AvgIpc) is 3.43. The van der Waals surface area contributed by atoms with Gasteiger partial charge in [-0.3, -0.25) is 0 Å². The number of rotatable bonds is 5. The van der Waals surface area contributed by atoms with Gasteiger partial charge in [-0.1, -0.05) is 38.1 Å². The van der Waals surface area contributed by atoms with Crippen LogP contribution in [0.5, 0.6) is 0 Å². The molecule has 0 unspecified atom stereocenters. The summed E-state index contributed by atoms with van der Waals surface area (Å²) in [5, 5.41) is 2.07. The lowest BCUT2D eigenvalue weighted by molar-refractivity contribution is -0.140. The normalized spacial score (nSPS) is 12.1. The standard InChI is InChI=1S/C25H21F3N6S/c1-14(2)21-18(9-29-13-31-21)23-30-10-19-22(33-23)17(12-35-19)8-15-4-6-16(7-5-15)24-32-20(11-34(24)3)25(26,27)28/h4-7,9-14H,8H2,1-3H3. The fraction of sp³-hybridized carbons (Fsp3) is 0.240. The smallest absolute Gasteiger partial charge is 0.333 e. The number of thiophene rings is 1. The van der Waals surface area contributed by atoms with Crippen molar-refractivity contribution >= 4 is 21.6 Å². The molecule has 5 aromatic rings. The van der Waals surface area contributed by atoms with Crippen LogP contribution in [0.1, 0.15) is 42.3 Å². The number of benzene rings is 1. The summed E-state index contributed by atoms with van der Waals surface area (Å²) >= 11 is 1.58. The summed E-state index contributed by atoms with van der Waals surface area (Å²) in [7, 11) is 1.56. The first-order valence-electron chi connectivity index (χ1n) is 10.9. The van der Waals surface area contributed by atoms with Crippen LogP contribution in [0.3, 0.4) is 0 Å². The van der Waals surface area contributed by atoms with Gasteiger partial charge in [-0.05, 0) is 22.4 Å². The summed E-state index contributed by atoms with van der Waals surface area (Å²) in [5.41, 5.74) is 4.39. The molecule has 0 fully saturated rings. The van der Waals surface area contributed by atoms with Gasteiger partial charge in [0.15, 0.2) is 11.5 Å². The largest absolute Gasteiger partial charge is 0.434 e. The fourth-order valence-electron chi connectivity index (χ4n) is 3.97. The molecule has 0 aliphatic heterocycles. The van der Waals surface area contributed by atoms with Crippen molar-refractivity contribution in [2.45, 2.75) is 32.4 Å². The first-order chi connectivity index (χ1) is 16.7. The Morgan fingerprint density at radius 2 is 1.80 bits per heavy atom. The fourth-order valence-corrected chi connectivity index (χ4v) is 4.83. The van der Waals surface area contributed by atoms with Gasteiger partial charge in [-0.15, -0.1) is 11.3 Å². The Morgan fingerprint density at radius 3 is 2.49 bits per heavy atom. The highest BCUT2D eigenvalue weighted by Gasteiger charge is 2.34. The van der Waals surface area contributed by atoms with Crippen LogP contribution in [0.25, 0.3) is 33.0 Å². The Balaban J connectivity index is 1.44. The Bertz CT molecular complexity index is 1500. The molecule has 0 N–H and O–H groups in total. The number of fused-ring (bicyclic) bond motifs is 1. The van der Waals surface area contributed by atoms with Crippen molar-refractivity contribution in [1.82, 2.24) is 29.5 Å². The predicted octanol–water partition coefficient (Wildman–Crippen LogP) is 6.28. The zero-order valence-corrected chi connectivity index (χ0v) is 20.0. The van der Waals surface area contributed by atoms with Crippen molar-refractivity contribution in [3.05, 3.63) is 77.1 Å². The van der Waals surface area contributed by atoms with E-state index in [1.54, 1.807) is 36.7 Å². The molecule has 0 amide bonds. The molecule has 178 valence electrons. The van der Waals surface area contributed by atoms with E-state index in [4.69, 9.17) is 4.98 Å². The maximum absolute atomic E-state index is 13.0. The minimum Gasteiger partial charge on any atom is -0.333 e. The molecular weight excluding hydrogens is 473 g/mol. The van der Waals surface area contributed by atoms with Crippen molar-refractivity contribution in [3.63, 3.8) is 0 Å². The SMILES string of the molecule is CC(C)c1ncncc1-c1ncc2scc(Cc3ccc(-c4nc(C(F)(F)F)cn4C)cc3)c2n1. The summed E-state index contributed by atoms with van der Waals surface area (Å²) in [6.45, 7) is 4.14. The quantitative estimate of drug-likeness (QED) is 0.288. The van der Waals surface area contributed by atoms with Gasteiger partial charge >= 0.3 is 6.18 Å².